The highest BCUT2D eigenvalue weighted by Crippen LogP contribution is 2.23. The Balaban J connectivity index is 1.99. The van der Waals surface area contributed by atoms with Crippen LogP contribution in [-0.2, 0) is 6.54 Å². The molecule has 0 spiro atoms. The number of hydrogen-bond acceptors (Lipinski definition) is 2. The van der Waals surface area contributed by atoms with Crippen LogP contribution in [0.3, 0.4) is 0 Å². The fourth-order valence-corrected chi connectivity index (χ4v) is 2.61. The summed E-state index contributed by atoms with van der Waals surface area (Å²) in [5, 5.41) is 10.0. The molecule has 90 valence electrons. The Bertz CT molecular complexity index is 297. The third kappa shape index (κ3) is 2.66. The van der Waals surface area contributed by atoms with Crippen molar-refractivity contribution in [1.82, 2.24) is 9.88 Å². The maximum Gasteiger partial charge on any atom is 0.0692 e. The van der Waals surface area contributed by atoms with E-state index in [1.165, 1.54) is 18.4 Å². The molecule has 0 amide bonds. The van der Waals surface area contributed by atoms with Gasteiger partial charge < -0.3 is 10.1 Å². The first-order chi connectivity index (χ1) is 7.81. The van der Waals surface area contributed by atoms with Crippen LogP contribution in [-0.4, -0.2) is 33.7 Å². The van der Waals surface area contributed by atoms with Gasteiger partial charge in [-0.2, -0.15) is 0 Å². The summed E-state index contributed by atoms with van der Waals surface area (Å²) in [5.41, 5.74) is 1.32. The number of aliphatic hydroxyl groups excluding tert-OH is 1. The smallest absolute Gasteiger partial charge is 0.0692 e. The molecule has 2 N–H and O–H groups in total. The molecule has 2 unspecified atom stereocenters. The first-order valence-corrected chi connectivity index (χ1v) is 6.35. The standard InChI is InChI=1S/C13H22N2O/c1-2-13(16)12-5-3-4-8-15(12)10-11-6-7-14-9-11/h6-7,9,12-14,16H,2-5,8,10H2,1H3. The lowest BCUT2D eigenvalue weighted by Gasteiger charge is -2.38. The maximum absolute atomic E-state index is 10.0. The van der Waals surface area contributed by atoms with Crippen LogP contribution in [0.4, 0.5) is 0 Å². The number of nitrogens with one attached hydrogen (secondary N) is 1. The SMILES string of the molecule is CCC(O)C1CCCCN1Cc1cc[nH]c1. The summed E-state index contributed by atoms with van der Waals surface area (Å²) in [6.07, 6.45) is 8.35. The molecule has 1 aliphatic rings. The van der Waals surface area contributed by atoms with E-state index >= 15 is 0 Å². The summed E-state index contributed by atoms with van der Waals surface area (Å²) in [7, 11) is 0. The second-order valence-corrected chi connectivity index (χ2v) is 4.73. The Morgan fingerprint density at radius 2 is 2.44 bits per heavy atom. The molecule has 2 heterocycles. The van der Waals surface area contributed by atoms with Gasteiger partial charge in [-0.25, -0.2) is 0 Å². The molecule has 1 aromatic heterocycles. The molecule has 0 saturated carbocycles. The third-order valence-corrected chi connectivity index (χ3v) is 3.57. The van der Waals surface area contributed by atoms with Gasteiger partial charge in [-0.3, -0.25) is 4.90 Å². The van der Waals surface area contributed by atoms with E-state index in [2.05, 4.69) is 22.9 Å². The van der Waals surface area contributed by atoms with Crippen molar-refractivity contribution >= 4 is 0 Å². The highest BCUT2D eigenvalue weighted by Gasteiger charge is 2.27. The van der Waals surface area contributed by atoms with E-state index < -0.39 is 0 Å². The quantitative estimate of drug-likeness (QED) is 0.819. The van der Waals surface area contributed by atoms with Crippen molar-refractivity contribution in [2.75, 3.05) is 6.54 Å². The van der Waals surface area contributed by atoms with Gasteiger partial charge in [0, 0.05) is 25.0 Å². The minimum absolute atomic E-state index is 0.167. The number of aromatic nitrogens is 1. The van der Waals surface area contributed by atoms with Crippen LogP contribution in [0.15, 0.2) is 18.5 Å². The normalized spacial score (nSPS) is 24.5. The van der Waals surface area contributed by atoms with Crippen molar-refractivity contribution in [3.63, 3.8) is 0 Å². The zero-order valence-corrected chi connectivity index (χ0v) is 10.0. The Kier molecular flexibility index (Phi) is 4.02. The van der Waals surface area contributed by atoms with Crippen LogP contribution in [0.25, 0.3) is 0 Å². The van der Waals surface area contributed by atoms with Crippen molar-refractivity contribution in [1.29, 1.82) is 0 Å². The highest BCUT2D eigenvalue weighted by atomic mass is 16.3. The van der Waals surface area contributed by atoms with Gasteiger partial charge in [0.25, 0.3) is 0 Å². The molecule has 0 aliphatic carbocycles. The van der Waals surface area contributed by atoms with Gasteiger partial charge in [0.1, 0.15) is 0 Å². The van der Waals surface area contributed by atoms with Crippen LogP contribution in [0.1, 0.15) is 38.2 Å². The molecule has 1 aromatic rings. The fraction of sp³-hybridized carbons (Fsp3) is 0.692. The van der Waals surface area contributed by atoms with Crippen LogP contribution >= 0.6 is 0 Å². The fourth-order valence-electron chi connectivity index (χ4n) is 2.61. The molecule has 2 rings (SSSR count). The molecule has 3 nitrogen and oxygen atoms in total. The summed E-state index contributed by atoms with van der Waals surface area (Å²) in [4.78, 5) is 5.52. The lowest BCUT2D eigenvalue weighted by atomic mass is 9.95. The highest BCUT2D eigenvalue weighted by molar-refractivity contribution is 5.08. The van der Waals surface area contributed by atoms with E-state index in [4.69, 9.17) is 0 Å². The number of aromatic amines is 1. The summed E-state index contributed by atoms with van der Waals surface area (Å²) in [5.74, 6) is 0. The van der Waals surface area contributed by atoms with E-state index in [-0.39, 0.29) is 6.10 Å². The first-order valence-electron chi connectivity index (χ1n) is 6.35. The zero-order valence-electron chi connectivity index (χ0n) is 10.0. The Hall–Kier alpha value is -0.800. The number of nitrogens with zero attached hydrogens (tertiary/aromatic N) is 1. The number of aliphatic hydroxyl groups is 1. The third-order valence-electron chi connectivity index (χ3n) is 3.57. The Morgan fingerprint density at radius 1 is 1.56 bits per heavy atom. The van der Waals surface area contributed by atoms with E-state index in [9.17, 15) is 5.11 Å². The topological polar surface area (TPSA) is 39.3 Å². The Labute approximate surface area is 97.5 Å². The monoisotopic (exact) mass is 222 g/mol. The van der Waals surface area contributed by atoms with E-state index in [0.717, 1.165) is 25.9 Å². The average Bonchev–Trinajstić information content (AvgIpc) is 2.82. The lowest BCUT2D eigenvalue weighted by molar-refractivity contribution is 0.0195. The van der Waals surface area contributed by atoms with Crippen LogP contribution < -0.4 is 0 Å². The minimum atomic E-state index is -0.167. The van der Waals surface area contributed by atoms with Gasteiger partial charge in [0.05, 0.1) is 6.10 Å². The van der Waals surface area contributed by atoms with Gasteiger partial charge in [-0.05, 0) is 37.4 Å². The van der Waals surface area contributed by atoms with Gasteiger partial charge in [-0.1, -0.05) is 13.3 Å². The van der Waals surface area contributed by atoms with Crippen molar-refractivity contribution in [2.24, 2.45) is 0 Å². The molecular formula is C13H22N2O. The molecular weight excluding hydrogens is 200 g/mol. The molecule has 0 aromatic carbocycles. The summed E-state index contributed by atoms with van der Waals surface area (Å²) in [6, 6.07) is 2.47. The molecule has 1 aliphatic heterocycles. The number of piperidine rings is 1. The zero-order chi connectivity index (χ0) is 11.4. The van der Waals surface area contributed by atoms with Gasteiger partial charge in [0.2, 0.25) is 0 Å². The molecule has 0 bridgehead atoms. The number of likely N-dealkylation sites (tertiary alicyclic amines) is 1. The van der Waals surface area contributed by atoms with Crippen LogP contribution in [0, 0.1) is 0 Å². The van der Waals surface area contributed by atoms with E-state index in [1.54, 1.807) is 0 Å². The Morgan fingerprint density at radius 3 is 3.12 bits per heavy atom. The van der Waals surface area contributed by atoms with Gasteiger partial charge >= 0.3 is 0 Å². The van der Waals surface area contributed by atoms with Crippen LogP contribution in [0.2, 0.25) is 0 Å². The van der Waals surface area contributed by atoms with Crippen molar-refractivity contribution in [2.45, 2.75) is 51.3 Å². The first kappa shape index (κ1) is 11.7. The molecule has 0 radical (unpaired) electrons. The largest absolute Gasteiger partial charge is 0.392 e. The summed E-state index contributed by atoms with van der Waals surface area (Å²) < 4.78 is 0. The molecule has 1 fully saturated rings. The van der Waals surface area contributed by atoms with Crippen LogP contribution in [0.5, 0.6) is 0 Å². The van der Waals surface area contributed by atoms with Crippen molar-refractivity contribution in [3.05, 3.63) is 24.0 Å². The maximum atomic E-state index is 10.0. The predicted molar refractivity (Wildman–Crippen MR) is 65.1 cm³/mol. The second-order valence-electron chi connectivity index (χ2n) is 4.73. The molecule has 3 heteroatoms. The number of hydrogen-bond donors (Lipinski definition) is 2. The predicted octanol–water partition coefficient (Wildman–Crippen LogP) is 2.14. The molecule has 1 saturated heterocycles. The lowest BCUT2D eigenvalue weighted by Crippen LogP contribution is -2.45. The molecule has 2 atom stereocenters. The minimum Gasteiger partial charge on any atom is -0.392 e. The summed E-state index contributed by atoms with van der Waals surface area (Å²) in [6.45, 7) is 4.14. The number of H-pyrrole nitrogens is 1. The number of rotatable bonds is 4. The van der Waals surface area contributed by atoms with E-state index in [0.29, 0.717) is 6.04 Å². The van der Waals surface area contributed by atoms with E-state index in [1.807, 2.05) is 12.4 Å². The van der Waals surface area contributed by atoms with Gasteiger partial charge in [-0.15, -0.1) is 0 Å². The summed E-state index contributed by atoms with van der Waals surface area (Å²) >= 11 is 0. The average molecular weight is 222 g/mol. The second kappa shape index (κ2) is 5.51. The van der Waals surface area contributed by atoms with Gasteiger partial charge in [0.15, 0.2) is 0 Å². The van der Waals surface area contributed by atoms with Crippen molar-refractivity contribution < 1.29 is 5.11 Å². The molecule has 16 heavy (non-hydrogen) atoms. The van der Waals surface area contributed by atoms with Crippen molar-refractivity contribution in [3.8, 4) is 0 Å².